The molecule has 0 bridgehead atoms. The summed E-state index contributed by atoms with van der Waals surface area (Å²) in [6.07, 6.45) is 7.11. The Labute approximate surface area is 198 Å². The molecule has 2 rings (SSSR count). The van der Waals surface area contributed by atoms with Crippen LogP contribution in [0.5, 0.6) is 0 Å². The topological polar surface area (TPSA) is 124 Å². The van der Waals surface area contributed by atoms with Crippen LogP contribution in [0.1, 0.15) is 52.4 Å². The van der Waals surface area contributed by atoms with Crippen molar-refractivity contribution in [3.63, 3.8) is 0 Å². The third-order valence-electron chi connectivity index (χ3n) is 6.71. The first-order chi connectivity index (χ1) is 15.3. The maximum absolute atomic E-state index is 13.5. The van der Waals surface area contributed by atoms with Crippen LogP contribution in [0.3, 0.4) is 0 Å². The van der Waals surface area contributed by atoms with Gasteiger partial charge in [-0.15, -0.1) is 0 Å². The zero-order chi connectivity index (χ0) is 23.6. The number of halogens is 1. The number of piperidine rings is 1. The van der Waals surface area contributed by atoms with Gasteiger partial charge in [0.05, 0.1) is 37.4 Å². The molecule has 0 aromatic carbocycles. The van der Waals surface area contributed by atoms with Crippen LogP contribution in [-0.4, -0.2) is 70.2 Å². The van der Waals surface area contributed by atoms with Crippen molar-refractivity contribution < 1.29 is 14.3 Å². The number of methoxy groups -OCH3 is 1. The second-order valence-electron chi connectivity index (χ2n) is 9.57. The molecule has 5 atom stereocenters. The second kappa shape index (κ2) is 13.8. The SMILES string of the molecule is CCCC[C@]1(C)C/C=C(/Cl)CNC(C(C(=O)NC2CNCCC2OCCOC)C(N)N)C1. The molecule has 4 unspecified atom stereocenters. The fraction of sp³-hybridized carbons (Fsp3) is 0.870. The average Bonchev–Trinajstić information content (AvgIpc) is 2.75. The summed E-state index contributed by atoms with van der Waals surface area (Å²) in [5, 5.41) is 10.8. The van der Waals surface area contributed by atoms with Crippen molar-refractivity contribution in [2.75, 3.05) is 40.0 Å². The van der Waals surface area contributed by atoms with Crippen molar-refractivity contribution in [3.8, 4) is 0 Å². The summed E-state index contributed by atoms with van der Waals surface area (Å²) in [4.78, 5) is 13.5. The Morgan fingerprint density at radius 2 is 2.19 bits per heavy atom. The van der Waals surface area contributed by atoms with Crippen molar-refractivity contribution in [3.05, 3.63) is 11.1 Å². The smallest absolute Gasteiger partial charge is 0.227 e. The van der Waals surface area contributed by atoms with E-state index in [9.17, 15) is 4.79 Å². The van der Waals surface area contributed by atoms with Gasteiger partial charge < -0.3 is 36.9 Å². The quantitative estimate of drug-likeness (QED) is 0.227. The summed E-state index contributed by atoms with van der Waals surface area (Å²) < 4.78 is 11.1. The Kier molecular flexibility index (Phi) is 11.9. The predicted molar refractivity (Wildman–Crippen MR) is 129 cm³/mol. The number of carbonyl (C=O) groups is 1. The molecule has 0 spiro atoms. The molecule has 0 saturated carbocycles. The molecule has 186 valence electrons. The number of allylic oxidation sites excluding steroid dienone is 1. The third kappa shape index (κ3) is 8.56. The van der Waals surface area contributed by atoms with Crippen LogP contribution in [0.15, 0.2) is 11.1 Å². The highest BCUT2D eigenvalue weighted by atomic mass is 35.5. The third-order valence-corrected chi connectivity index (χ3v) is 7.00. The van der Waals surface area contributed by atoms with E-state index in [1.807, 2.05) is 0 Å². The lowest BCUT2D eigenvalue weighted by molar-refractivity contribution is -0.129. The molecule has 32 heavy (non-hydrogen) atoms. The number of hydrogen-bond donors (Lipinski definition) is 5. The second-order valence-corrected chi connectivity index (χ2v) is 10.1. The van der Waals surface area contributed by atoms with Crippen molar-refractivity contribution in [2.45, 2.75) is 76.7 Å². The first-order valence-corrected chi connectivity index (χ1v) is 12.4. The fourth-order valence-corrected chi connectivity index (χ4v) is 4.93. The molecule has 0 aromatic heterocycles. The van der Waals surface area contributed by atoms with Crippen LogP contribution < -0.4 is 27.4 Å². The zero-order valence-electron chi connectivity index (χ0n) is 20.0. The van der Waals surface area contributed by atoms with Gasteiger partial charge in [-0.25, -0.2) is 0 Å². The molecule has 0 radical (unpaired) electrons. The highest BCUT2D eigenvalue weighted by molar-refractivity contribution is 6.29. The number of amides is 1. The van der Waals surface area contributed by atoms with Gasteiger partial charge in [-0.1, -0.05) is 44.4 Å². The fourth-order valence-electron chi connectivity index (χ4n) is 4.77. The number of rotatable bonds is 11. The van der Waals surface area contributed by atoms with Crippen LogP contribution in [0, 0.1) is 11.3 Å². The van der Waals surface area contributed by atoms with E-state index < -0.39 is 12.1 Å². The van der Waals surface area contributed by atoms with E-state index in [1.165, 1.54) is 0 Å². The minimum Gasteiger partial charge on any atom is -0.382 e. The first kappa shape index (κ1) is 27.5. The molecular formula is C23H44ClN5O3. The summed E-state index contributed by atoms with van der Waals surface area (Å²) in [5.74, 6) is -0.704. The van der Waals surface area contributed by atoms with Crippen molar-refractivity contribution in [1.82, 2.24) is 16.0 Å². The average molecular weight is 474 g/mol. The molecule has 1 fully saturated rings. The van der Waals surface area contributed by atoms with Gasteiger partial charge in [-0.3, -0.25) is 4.79 Å². The zero-order valence-corrected chi connectivity index (χ0v) is 20.8. The molecule has 2 aliphatic heterocycles. The van der Waals surface area contributed by atoms with Gasteiger partial charge >= 0.3 is 0 Å². The van der Waals surface area contributed by atoms with Crippen LogP contribution in [0.25, 0.3) is 0 Å². The van der Waals surface area contributed by atoms with Gasteiger partial charge in [0.2, 0.25) is 5.91 Å². The van der Waals surface area contributed by atoms with Gasteiger partial charge in [-0.05, 0) is 37.6 Å². The Morgan fingerprint density at radius 1 is 1.41 bits per heavy atom. The lowest BCUT2D eigenvalue weighted by Gasteiger charge is -2.40. The molecule has 7 N–H and O–H groups in total. The monoisotopic (exact) mass is 473 g/mol. The largest absolute Gasteiger partial charge is 0.382 e. The maximum Gasteiger partial charge on any atom is 0.227 e. The number of nitrogens with one attached hydrogen (secondary N) is 3. The minimum atomic E-state index is -0.783. The highest BCUT2D eigenvalue weighted by Gasteiger charge is 2.39. The van der Waals surface area contributed by atoms with E-state index in [1.54, 1.807) is 7.11 Å². The molecule has 2 aliphatic rings. The van der Waals surface area contributed by atoms with Crippen molar-refractivity contribution in [1.29, 1.82) is 0 Å². The number of carbonyl (C=O) groups excluding carboxylic acids is 1. The number of ether oxygens (including phenoxy) is 2. The predicted octanol–water partition coefficient (Wildman–Crippen LogP) is 1.43. The molecule has 1 saturated heterocycles. The normalized spacial score (nSPS) is 32.0. The van der Waals surface area contributed by atoms with E-state index in [0.29, 0.717) is 26.3 Å². The van der Waals surface area contributed by atoms with Gasteiger partial charge in [-0.2, -0.15) is 0 Å². The van der Waals surface area contributed by atoms with Crippen LogP contribution in [-0.2, 0) is 14.3 Å². The van der Waals surface area contributed by atoms with E-state index in [2.05, 4.69) is 35.9 Å². The van der Waals surface area contributed by atoms with Gasteiger partial charge in [0, 0.05) is 31.3 Å². The Bertz CT molecular complexity index is 606. The summed E-state index contributed by atoms with van der Waals surface area (Å²) >= 11 is 6.42. The Balaban J connectivity index is 2.13. The van der Waals surface area contributed by atoms with E-state index >= 15 is 0 Å². The maximum atomic E-state index is 13.5. The molecule has 9 heteroatoms. The summed E-state index contributed by atoms with van der Waals surface area (Å²) in [6.45, 7) is 7.51. The standard InChI is InChI=1S/C23H44ClN5O3/c1-4-5-8-23(2)9-6-16(24)14-28-17(13-23)20(21(25)26)22(30)29-18-15-27-10-7-19(18)32-12-11-31-3/h6,17-21,27-28H,4-5,7-15,25-26H2,1-3H3,(H,29,30)/b16-6+/t17?,18?,19?,20?,23-/m1/s1. The van der Waals surface area contributed by atoms with E-state index in [4.69, 9.17) is 32.5 Å². The summed E-state index contributed by atoms with van der Waals surface area (Å²) in [7, 11) is 1.65. The highest BCUT2D eigenvalue weighted by Crippen LogP contribution is 2.37. The van der Waals surface area contributed by atoms with E-state index in [-0.39, 0.29) is 29.5 Å². The number of unbranched alkanes of at least 4 members (excludes halogenated alkanes) is 1. The first-order valence-electron chi connectivity index (χ1n) is 12.0. The van der Waals surface area contributed by atoms with Crippen molar-refractivity contribution >= 4 is 17.5 Å². The van der Waals surface area contributed by atoms with Crippen LogP contribution in [0.2, 0.25) is 0 Å². The van der Waals surface area contributed by atoms with Gasteiger partial charge in [0.25, 0.3) is 0 Å². The molecule has 8 nitrogen and oxygen atoms in total. The number of nitrogens with two attached hydrogens (primary N) is 2. The summed E-state index contributed by atoms with van der Waals surface area (Å²) in [5.41, 5.74) is 12.4. The van der Waals surface area contributed by atoms with Crippen molar-refractivity contribution in [2.24, 2.45) is 22.8 Å². The molecular weight excluding hydrogens is 430 g/mol. The summed E-state index contributed by atoms with van der Waals surface area (Å²) in [6, 6.07) is -0.304. The molecule has 2 heterocycles. The molecule has 1 amide bonds. The van der Waals surface area contributed by atoms with Crippen LogP contribution >= 0.6 is 11.6 Å². The van der Waals surface area contributed by atoms with E-state index in [0.717, 1.165) is 50.1 Å². The Morgan fingerprint density at radius 3 is 2.88 bits per heavy atom. The minimum absolute atomic E-state index is 0.0276. The number of hydrogen-bond acceptors (Lipinski definition) is 7. The van der Waals surface area contributed by atoms with Gasteiger partial charge in [0.1, 0.15) is 0 Å². The van der Waals surface area contributed by atoms with Crippen LogP contribution in [0.4, 0.5) is 0 Å². The lowest BCUT2D eigenvalue weighted by Crippen LogP contribution is -2.62. The van der Waals surface area contributed by atoms with Gasteiger partial charge in [0.15, 0.2) is 0 Å². The molecule has 0 aliphatic carbocycles. The molecule has 0 aromatic rings. The lowest BCUT2D eigenvalue weighted by atomic mass is 9.73. The Hall–Kier alpha value is -0.740.